The van der Waals surface area contributed by atoms with Gasteiger partial charge in [-0.15, -0.1) is 0 Å². The number of carboxylic acid groups (broad SMARTS) is 1. The van der Waals surface area contributed by atoms with Crippen molar-refractivity contribution in [3.8, 4) is 0 Å². The Bertz CT molecular complexity index is 293. The molecule has 0 amide bonds. The Morgan fingerprint density at radius 1 is 1.83 bits per heavy atom. The van der Waals surface area contributed by atoms with E-state index in [9.17, 15) is 4.79 Å². The zero-order chi connectivity index (χ0) is 9.14. The first kappa shape index (κ1) is 8.58. The molecular formula is C7H11N3O2. The van der Waals surface area contributed by atoms with Crippen LogP contribution in [-0.4, -0.2) is 27.4 Å². The highest BCUT2D eigenvalue weighted by molar-refractivity contribution is 5.92. The van der Waals surface area contributed by atoms with E-state index in [1.807, 2.05) is 6.92 Å². The Morgan fingerprint density at radius 2 is 2.50 bits per heavy atom. The fourth-order valence-corrected chi connectivity index (χ4v) is 0.971. The van der Waals surface area contributed by atoms with Gasteiger partial charge in [-0.2, -0.15) is 5.10 Å². The molecule has 0 aliphatic heterocycles. The van der Waals surface area contributed by atoms with Crippen molar-refractivity contribution in [2.24, 2.45) is 7.05 Å². The van der Waals surface area contributed by atoms with E-state index in [-0.39, 0.29) is 5.56 Å². The highest BCUT2D eigenvalue weighted by atomic mass is 16.4. The summed E-state index contributed by atoms with van der Waals surface area (Å²) in [6.07, 6.45) is 1.33. The van der Waals surface area contributed by atoms with Gasteiger partial charge in [0.05, 0.1) is 6.20 Å². The molecule has 0 aliphatic carbocycles. The SMILES string of the molecule is CCNc1c(C(=O)O)cnn1C. The summed E-state index contributed by atoms with van der Waals surface area (Å²) in [5, 5.41) is 15.5. The van der Waals surface area contributed by atoms with Crippen LogP contribution < -0.4 is 5.32 Å². The number of nitrogens with zero attached hydrogens (tertiary/aromatic N) is 2. The molecule has 1 rings (SSSR count). The van der Waals surface area contributed by atoms with Crippen LogP contribution in [0.15, 0.2) is 6.20 Å². The van der Waals surface area contributed by atoms with Crippen molar-refractivity contribution in [3.05, 3.63) is 11.8 Å². The first-order chi connectivity index (χ1) is 5.66. The summed E-state index contributed by atoms with van der Waals surface area (Å²) in [4.78, 5) is 10.6. The average Bonchev–Trinajstić information content (AvgIpc) is 2.34. The monoisotopic (exact) mass is 169 g/mol. The lowest BCUT2D eigenvalue weighted by molar-refractivity contribution is 0.0698. The predicted molar refractivity (Wildman–Crippen MR) is 44.3 cm³/mol. The summed E-state index contributed by atoms with van der Waals surface area (Å²) in [6.45, 7) is 2.58. The molecule has 0 bridgehead atoms. The zero-order valence-electron chi connectivity index (χ0n) is 7.03. The second kappa shape index (κ2) is 3.25. The minimum atomic E-state index is -0.959. The Hall–Kier alpha value is -1.52. The van der Waals surface area contributed by atoms with Gasteiger partial charge in [0.15, 0.2) is 0 Å². The van der Waals surface area contributed by atoms with Crippen LogP contribution in [0, 0.1) is 0 Å². The maximum absolute atomic E-state index is 10.6. The lowest BCUT2D eigenvalue weighted by atomic mass is 10.3. The Labute approximate surface area is 70.0 Å². The molecule has 0 unspecified atom stereocenters. The van der Waals surface area contributed by atoms with Crippen LogP contribution in [0.25, 0.3) is 0 Å². The van der Waals surface area contributed by atoms with Gasteiger partial charge in [0.1, 0.15) is 11.4 Å². The van der Waals surface area contributed by atoms with Crippen molar-refractivity contribution < 1.29 is 9.90 Å². The van der Waals surface area contributed by atoms with Crippen molar-refractivity contribution in [3.63, 3.8) is 0 Å². The van der Waals surface area contributed by atoms with Crippen LogP contribution in [0.1, 0.15) is 17.3 Å². The topological polar surface area (TPSA) is 67.2 Å². The molecule has 2 N–H and O–H groups in total. The lowest BCUT2D eigenvalue weighted by Crippen LogP contribution is -2.07. The van der Waals surface area contributed by atoms with Crippen LogP contribution in [0.2, 0.25) is 0 Å². The lowest BCUT2D eigenvalue weighted by Gasteiger charge is -2.03. The number of hydrogen-bond acceptors (Lipinski definition) is 3. The number of carbonyl (C=O) groups is 1. The molecule has 12 heavy (non-hydrogen) atoms. The zero-order valence-corrected chi connectivity index (χ0v) is 7.03. The fraction of sp³-hybridized carbons (Fsp3) is 0.429. The Morgan fingerprint density at radius 3 is 3.00 bits per heavy atom. The largest absolute Gasteiger partial charge is 0.477 e. The van der Waals surface area contributed by atoms with Crippen molar-refractivity contribution in [1.82, 2.24) is 9.78 Å². The van der Waals surface area contributed by atoms with Crippen LogP contribution in [0.4, 0.5) is 5.82 Å². The van der Waals surface area contributed by atoms with Crippen molar-refractivity contribution >= 4 is 11.8 Å². The number of rotatable bonds is 3. The minimum Gasteiger partial charge on any atom is -0.477 e. The first-order valence-corrected chi connectivity index (χ1v) is 3.66. The van der Waals surface area contributed by atoms with Gasteiger partial charge in [-0.25, -0.2) is 4.79 Å². The molecular weight excluding hydrogens is 158 g/mol. The van der Waals surface area contributed by atoms with E-state index in [0.29, 0.717) is 12.4 Å². The number of aromatic nitrogens is 2. The van der Waals surface area contributed by atoms with Crippen LogP contribution in [0.5, 0.6) is 0 Å². The van der Waals surface area contributed by atoms with Gasteiger partial charge >= 0.3 is 5.97 Å². The molecule has 1 aromatic heterocycles. The predicted octanol–water partition coefficient (Wildman–Crippen LogP) is 0.550. The van der Waals surface area contributed by atoms with Crippen LogP contribution >= 0.6 is 0 Å². The third-order valence-electron chi connectivity index (χ3n) is 1.51. The third kappa shape index (κ3) is 1.39. The Balaban J connectivity index is 3.03. The molecule has 1 aromatic rings. The summed E-state index contributed by atoms with van der Waals surface area (Å²) in [5.41, 5.74) is 0.208. The van der Waals surface area contributed by atoms with E-state index in [4.69, 9.17) is 5.11 Å². The number of carboxylic acids is 1. The fourth-order valence-electron chi connectivity index (χ4n) is 0.971. The standard InChI is InChI=1S/C7H11N3O2/c1-3-8-6-5(7(11)12)4-9-10(6)2/h4,8H,3H2,1-2H3,(H,11,12). The van der Waals surface area contributed by atoms with Crippen molar-refractivity contribution in [1.29, 1.82) is 0 Å². The molecule has 66 valence electrons. The second-order valence-corrected chi connectivity index (χ2v) is 2.37. The van der Waals surface area contributed by atoms with Crippen LogP contribution in [0.3, 0.4) is 0 Å². The smallest absolute Gasteiger partial charge is 0.341 e. The number of hydrogen-bond donors (Lipinski definition) is 2. The van der Waals surface area contributed by atoms with Gasteiger partial charge in [0.25, 0.3) is 0 Å². The molecule has 0 spiro atoms. The number of anilines is 1. The van der Waals surface area contributed by atoms with Gasteiger partial charge < -0.3 is 10.4 Å². The maximum Gasteiger partial charge on any atom is 0.341 e. The van der Waals surface area contributed by atoms with Gasteiger partial charge in [0, 0.05) is 13.6 Å². The summed E-state index contributed by atoms with van der Waals surface area (Å²) in [6, 6.07) is 0. The number of aromatic carboxylic acids is 1. The highest BCUT2D eigenvalue weighted by Crippen LogP contribution is 2.12. The quantitative estimate of drug-likeness (QED) is 0.693. The van der Waals surface area contributed by atoms with E-state index >= 15 is 0 Å². The Kier molecular flexibility index (Phi) is 2.32. The summed E-state index contributed by atoms with van der Waals surface area (Å²) in [7, 11) is 1.70. The van der Waals surface area contributed by atoms with Gasteiger partial charge in [0.2, 0.25) is 0 Å². The summed E-state index contributed by atoms with van der Waals surface area (Å²) >= 11 is 0. The normalized spacial score (nSPS) is 9.83. The minimum absolute atomic E-state index is 0.208. The molecule has 0 aromatic carbocycles. The molecule has 0 saturated heterocycles. The van der Waals surface area contributed by atoms with Gasteiger partial charge in [-0.3, -0.25) is 4.68 Å². The summed E-state index contributed by atoms with van der Waals surface area (Å²) in [5.74, 6) is -0.413. The maximum atomic E-state index is 10.6. The van der Waals surface area contributed by atoms with Crippen molar-refractivity contribution in [2.75, 3.05) is 11.9 Å². The van der Waals surface area contributed by atoms with Crippen molar-refractivity contribution in [2.45, 2.75) is 6.92 Å². The number of aryl methyl sites for hydroxylation is 1. The van der Waals surface area contributed by atoms with Gasteiger partial charge in [-0.1, -0.05) is 0 Å². The van der Waals surface area contributed by atoms with E-state index < -0.39 is 5.97 Å². The number of nitrogens with one attached hydrogen (secondary N) is 1. The molecule has 0 radical (unpaired) electrons. The van der Waals surface area contributed by atoms with E-state index in [2.05, 4.69) is 10.4 Å². The third-order valence-corrected chi connectivity index (χ3v) is 1.51. The molecule has 1 heterocycles. The molecule has 0 aliphatic rings. The molecule has 5 nitrogen and oxygen atoms in total. The average molecular weight is 169 g/mol. The first-order valence-electron chi connectivity index (χ1n) is 3.66. The second-order valence-electron chi connectivity index (χ2n) is 2.37. The van der Waals surface area contributed by atoms with Gasteiger partial charge in [-0.05, 0) is 6.92 Å². The molecule has 0 fully saturated rings. The van der Waals surface area contributed by atoms with E-state index in [0.717, 1.165) is 0 Å². The molecule has 5 heteroatoms. The highest BCUT2D eigenvalue weighted by Gasteiger charge is 2.13. The summed E-state index contributed by atoms with van der Waals surface area (Å²) < 4.78 is 1.51. The van der Waals surface area contributed by atoms with E-state index in [1.54, 1.807) is 7.05 Å². The molecule has 0 saturated carbocycles. The van der Waals surface area contributed by atoms with Crippen LogP contribution in [-0.2, 0) is 7.05 Å². The van der Waals surface area contributed by atoms with E-state index in [1.165, 1.54) is 10.9 Å². The molecule has 0 atom stereocenters.